The van der Waals surface area contributed by atoms with Crippen molar-refractivity contribution in [2.45, 2.75) is 69.9 Å². The fourth-order valence-corrected chi connectivity index (χ4v) is 5.61. The molecule has 1 saturated carbocycles. The second-order valence-corrected chi connectivity index (χ2v) is 10.5. The minimum absolute atomic E-state index is 0.103. The molecule has 0 radical (unpaired) electrons. The number of aryl methyl sites for hydroxylation is 2. The molecule has 2 aliphatic rings. The molecule has 36 heavy (non-hydrogen) atoms. The Hall–Kier alpha value is -2.35. The van der Waals surface area contributed by atoms with E-state index >= 15 is 0 Å². The highest BCUT2D eigenvalue weighted by atomic mass is 35.5. The Balaban J connectivity index is 1.18. The van der Waals surface area contributed by atoms with Gasteiger partial charge in [0, 0.05) is 18.8 Å². The maximum absolute atomic E-state index is 12.6. The minimum atomic E-state index is -1.06. The second-order valence-electron chi connectivity index (χ2n) is 9.65. The number of fused-ring (bicyclic) bond motifs is 1. The summed E-state index contributed by atoms with van der Waals surface area (Å²) in [5.41, 5.74) is 2.50. The van der Waals surface area contributed by atoms with E-state index in [0.717, 1.165) is 69.4 Å². The van der Waals surface area contributed by atoms with Gasteiger partial charge in [0.05, 0.1) is 21.7 Å². The first kappa shape index (κ1) is 26.7. The van der Waals surface area contributed by atoms with Crippen molar-refractivity contribution in [1.82, 2.24) is 10.3 Å². The number of nitrogens with zero attached hydrogens (tertiary/aromatic N) is 1. The number of aliphatic carboxylic acids is 1. The van der Waals surface area contributed by atoms with Gasteiger partial charge in [-0.05, 0) is 87.5 Å². The van der Waals surface area contributed by atoms with Gasteiger partial charge >= 0.3 is 5.97 Å². The highest BCUT2D eigenvalue weighted by Crippen LogP contribution is 2.30. The average Bonchev–Trinajstić information content (AvgIpc) is 2.87. The molecule has 7 nitrogen and oxygen atoms in total. The number of hydrogen-bond donors (Lipinski definition) is 3. The Morgan fingerprint density at radius 2 is 1.89 bits per heavy atom. The van der Waals surface area contributed by atoms with Crippen LogP contribution >= 0.6 is 23.2 Å². The zero-order chi connectivity index (χ0) is 25.5. The van der Waals surface area contributed by atoms with Crippen molar-refractivity contribution in [3.8, 4) is 0 Å². The highest BCUT2D eigenvalue weighted by Gasteiger charge is 2.29. The Kier molecular flexibility index (Phi) is 9.46. The number of nitrogens with one attached hydrogen (secondary N) is 2. The smallest absolute Gasteiger partial charge is 0.326 e. The van der Waals surface area contributed by atoms with E-state index in [1.54, 1.807) is 18.2 Å². The van der Waals surface area contributed by atoms with Crippen LogP contribution in [-0.2, 0) is 22.4 Å². The summed E-state index contributed by atoms with van der Waals surface area (Å²) in [7, 11) is 0. The zero-order valence-corrected chi connectivity index (χ0v) is 21.8. The lowest BCUT2D eigenvalue weighted by molar-refractivity contribution is -0.139. The highest BCUT2D eigenvalue weighted by molar-refractivity contribution is 6.39. The molecule has 1 atom stereocenters. The van der Waals surface area contributed by atoms with Gasteiger partial charge in [0.15, 0.2) is 0 Å². The summed E-state index contributed by atoms with van der Waals surface area (Å²) < 4.78 is 6.11. The molecule has 0 bridgehead atoms. The number of anilines is 1. The van der Waals surface area contributed by atoms with Crippen LogP contribution in [0.2, 0.25) is 10.0 Å². The third-order valence-electron chi connectivity index (χ3n) is 7.04. The Morgan fingerprint density at radius 1 is 1.14 bits per heavy atom. The Morgan fingerprint density at radius 3 is 2.61 bits per heavy atom. The van der Waals surface area contributed by atoms with Crippen LogP contribution < -0.4 is 10.6 Å². The fourth-order valence-electron chi connectivity index (χ4n) is 5.05. The van der Waals surface area contributed by atoms with Crippen LogP contribution in [0.1, 0.15) is 66.6 Å². The maximum Gasteiger partial charge on any atom is 0.326 e. The zero-order valence-electron chi connectivity index (χ0n) is 20.3. The quantitative estimate of drug-likeness (QED) is 0.347. The van der Waals surface area contributed by atoms with Crippen molar-refractivity contribution in [3.63, 3.8) is 0 Å². The van der Waals surface area contributed by atoms with E-state index in [9.17, 15) is 14.7 Å². The number of hydrogen-bond acceptors (Lipinski definition) is 5. The maximum atomic E-state index is 12.6. The van der Waals surface area contributed by atoms with Crippen LogP contribution in [0.5, 0.6) is 0 Å². The van der Waals surface area contributed by atoms with Crippen LogP contribution in [0.3, 0.4) is 0 Å². The van der Waals surface area contributed by atoms with Gasteiger partial charge in [-0.1, -0.05) is 35.3 Å². The van der Waals surface area contributed by atoms with E-state index < -0.39 is 17.9 Å². The second kappa shape index (κ2) is 12.7. The lowest BCUT2D eigenvalue weighted by Crippen LogP contribution is -2.42. The number of aromatic nitrogens is 1. The van der Waals surface area contributed by atoms with E-state index in [2.05, 4.69) is 22.8 Å². The molecule has 1 aromatic heterocycles. The molecule has 3 N–H and O–H groups in total. The predicted octanol–water partition coefficient (Wildman–Crippen LogP) is 5.53. The molecule has 1 aromatic carbocycles. The molecular formula is C27H33Cl2N3O4. The monoisotopic (exact) mass is 533 g/mol. The van der Waals surface area contributed by atoms with Crippen LogP contribution in [0.25, 0.3) is 0 Å². The van der Waals surface area contributed by atoms with Gasteiger partial charge in [0.1, 0.15) is 11.9 Å². The number of amides is 1. The third-order valence-corrected chi connectivity index (χ3v) is 7.67. The van der Waals surface area contributed by atoms with Gasteiger partial charge in [0.2, 0.25) is 0 Å². The van der Waals surface area contributed by atoms with Gasteiger partial charge < -0.3 is 20.5 Å². The minimum Gasteiger partial charge on any atom is -0.480 e. The number of carboxylic acids is 1. The topological polar surface area (TPSA) is 101 Å². The molecule has 4 rings (SSSR count). The molecule has 9 heteroatoms. The molecule has 1 fully saturated rings. The molecule has 1 aliphatic carbocycles. The number of rotatable bonds is 10. The first-order valence-electron chi connectivity index (χ1n) is 12.7. The summed E-state index contributed by atoms with van der Waals surface area (Å²) in [6.45, 7) is 1.68. The van der Waals surface area contributed by atoms with Crippen molar-refractivity contribution in [2.75, 3.05) is 18.5 Å². The van der Waals surface area contributed by atoms with E-state index in [-0.39, 0.29) is 27.6 Å². The molecule has 1 unspecified atom stereocenters. The molecule has 0 saturated heterocycles. The first-order valence-corrected chi connectivity index (χ1v) is 13.5. The van der Waals surface area contributed by atoms with Crippen LogP contribution in [0.4, 0.5) is 5.82 Å². The lowest BCUT2D eigenvalue weighted by atomic mass is 9.83. The summed E-state index contributed by atoms with van der Waals surface area (Å²) in [6.07, 6.45) is 8.15. The largest absolute Gasteiger partial charge is 0.480 e. The number of carbonyl (C=O) groups excluding carboxylic acids is 1. The molecule has 1 amide bonds. The van der Waals surface area contributed by atoms with Crippen molar-refractivity contribution in [3.05, 3.63) is 57.2 Å². The standard InChI is InChI=1S/C27H33Cl2N3O4/c28-21-6-1-7-22(29)24(21)26(33)32-23(27(34)35)16-17-8-12-20(13-9-17)36-15-3-5-19-11-10-18-4-2-14-30-25(18)31-19/h1,6-7,10-11,17,20,23H,2-5,8-9,12-16H2,(H,30,31)(H,32,33)(H,34,35). The molecule has 1 aliphatic heterocycles. The third kappa shape index (κ3) is 7.11. The number of halogens is 2. The molecule has 2 heterocycles. The fraction of sp³-hybridized carbons (Fsp3) is 0.519. The summed E-state index contributed by atoms with van der Waals surface area (Å²) in [4.78, 5) is 29.2. The number of pyridine rings is 1. The summed E-state index contributed by atoms with van der Waals surface area (Å²) in [6, 6.07) is 8.06. The number of benzene rings is 1. The predicted molar refractivity (Wildman–Crippen MR) is 141 cm³/mol. The number of carboxylic acid groups (broad SMARTS) is 1. The van der Waals surface area contributed by atoms with Crippen LogP contribution in [0.15, 0.2) is 30.3 Å². The van der Waals surface area contributed by atoms with Gasteiger partial charge in [0.25, 0.3) is 5.91 Å². The summed E-state index contributed by atoms with van der Waals surface area (Å²) in [5.74, 6) is -0.390. The van der Waals surface area contributed by atoms with E-state index in [1.807, 2.05) is 0 Å². The van der Waals surface area contributed by atoms with Gasteiger partial charge in [-0.25, -0.2) is 9.78 Å². The normalized spacial score (nSPS) is 20.2. The van der Waals surface area contributed by atoms with Gasteiger partial charge in [-0.2, -0.15) is 0 Å². The van der Waals surface area contributed by atoms with Crippen LogP contribution in [-0.4, -0.2) is 47.3 Å². The first-order chi connectivity index (χ1) is 17.4. The number of ether oxygens (including phenoxy) is 1. The van der Waals surface area contributed by atoms with E-state index in [4.69, 9.17) is 32.9 Å². The van der Waals surface area contributed by atoms with Gasteiger partial charge in [-0.15, -0.1) is 0 Å². The Bertz CT molecular complexity index is 1050. The van der Waals surface area contributed by atoms with E-state index in [0.29, 0.717) is 13.0 Å². The summed E-state index contributed by atoms with van der Waals surface area (Å²) in [5, 5.41) is 16.0. The van der Waals surface area contributed by atoms with Crippen LogP contribution in [0, 0.1) is 5.92 Å². The van der Waals surface area contributed by atoms with Crippen molar-refractivity contribution < 1.29 is 19.4 Å². The molecular weight excluding hydrogens is 501 g/mol. The molecule has 2 aromatic rings. The lowest BCUT2D eigenvalue weighted by Gasteiger charge is -2.30. The molecule has 0 spiro atoms. The van der Waals surface area contributed by atoms with Crippen molar-refractivity contribution in [1.29, 1.82) is 0 Å². The Labute approximate surface area is 221 Å². The molecule has 194 valence electrons. The van der Waals surface area contributed by atoms with Gasteiger partial charge in [-0.3, -0.25) is 4.79 Å². The average molecular weight is 534 g/mol. The summed E-state index contributed by atoms with van der Waals surface area (Å²) >= 11 is 12.2. The van der Waals surface area contributed by atoms with Crippen molar-refractivity contribution in [2.24, 2.45) is 5.92 Å². The van der Waals surface area contributed by atoms with Crippen molar-refractivity contribution >= 4 is 40.9 Å². The van der Waals surface area contributed by atoms with E-state index in [1.165, 1.54) is 5.56 Å². The SMILES string of the molecule is O=C(NC(CC1CCC(OCCCc2ccc3c(n2)NCCC3)CC1)C(=O)O)c1c(Cl)cccc1Cl. The number of carbonyl (C=O) groups is 2.